The zero-order valence-electron chi connectivity index (χ0n) is 20.1. The molecule has 184 valence electrons. The fraction of sp³-hybridized carbons (Fsp3) is 0.138. The molecular formula is C29H27BrN2O3S. The highest BCUT2D eigenvalue weighted by molar-refractivity contribution is 9.10. The second-order valence-corrected chi connectivity index (χ2v) is 11.4. The minimum atomic E-state index is -4.00. The molecule has 4 aromatic carbocycles. The summed E-state index contributed by atoms with van der Waals surface area (Å²) in [5, 5.41) is 3.08. The highest BCUT2D eigenvalue weighted by atomic mass is 79.9. The molecule has 0 spiro atoms. The summed E-state index contributed by atoms with van der Waals surface area (Å²) >= 11 is 3.42. The van der Waals surface area contributed by atoms with Crippen LogP contribution in [0.25, 0.3) is 0 Å². The van der Waals surface area contributed by atoms with Gasteiger partial charge in [-0.15, -0.1) is 0 Å². The second-order valence-electron chi connectivity index (χ2n) is 8.57. The quantitative estimate of drug-likeness (QED) is 0.279. The fourth-order valence-electron chi connectivity index (χ4n) is 4.02. The Bertz CT molecular complexity index is 1460. The SMILES string of the molecule is Cc1ccc(S(=O)(=O)N(CC(=O)N[C@H](c2ccccc2)c2ccccc2C)c2cccc(Br)c2)cc1. The number of sulfonamides is 1. The molecule has 4 rings (SSSR count). The van der Waals surface area contributed by atoms with Gasteiger partial charge in [0.15, 0.2) is 0 Å². The number of benzene rings is 4. The van der Waals surface area contributed by atoms with E-state index in [1.165, 1.54) is 0 Å². The highest BCUT2D eigenvalue weighted by Gasteiger charge is 2.29. The van der Waals surface area contributed by atoms with Crippen LogP contribution in [0.15, 0.2) is 112 Å². The molecule has 5 nitrogen and oxygen atoms in total. The number of anilines is 1. The molecule has 0 radical (unpaired) electrons. The monoisotopic (exact) mass is 562 g/mol. The number of amides is 1. The van der Waals surface area contributed by atoms with Gasteiger partial charge in [0.1, 0.15) is 6.54 Å². The van der Waals surface area contributed by atoms with E-state index >= 15 is 0 Å². The Labute approximate surface area is 221 Å². The lowest BCUT2D eigenvalue weighted by Crippen LogP contribution is -2.42. The van der Waals surface area contributed by atoms with Gasteiger partial charge < -0.3 is 5.32 Å². The summed E-state index contributed by atoms with van der Waals surface area (Å²) in [4.78, 5) is 13.6. The van der Waals surface area contributed by atoms with Gasteiger partial charge in [0.25, 0.3) is 10.0 Å². The van der Waals surface area contributed by atoms with Crippen LogP contribution in [0.2, 0.25) is 0 Å². The Kier molecular flexibility index (Phi) is 7.91. The number of nitrogens with zero attached hydrogens (tertiary/aromatic N) is 1. The zero-order chi connectivity index (χ0) is 25.7. The van der Waals surface area contributed by atoms with Crippen molar-refractivity contribution >= 4 is 37.5 Å². The number of hydrogen-bond acceptors (Lipinski definition) is 3. The van der Waals surface area contributed by atoms with Crippen LogP contribution in [-0.4, -0.2) is 20.9 Å². The third-order valence-electron chi connectivity index (χ3n) is 5.93. The number of nitrogens with one attached hydrogen (secondary N) is 1. The lowest BCUT2D eigenvalue weighted by Gasteiger charge is -2.27. The molecule has 1 atom stereocenters. The lowest BCUT2D eigenvalue weighted by molar-refractivity contribution is -0.120. The predicted octanol–water partition coefficient (Wildman–Crippen LogP) is 6.17. The van der Waals surface area contributed by atoms with Crippen molar-refractivity contribution in [2.45, 2.75) is 24.8 Å². The Morgan fingerprint density at radius 3 is 2.19 bits per heavy atom. The molecule has 7 heteroatoms. The van der Waals surface area contributed by atoms with Gasteiger partial charge in [-0.05, 0) is 60.9 Å². The summed E-state index contributed by atoms with van der Waals surface area (Å²) in [6.07, 6.45) is 0. The van der Waals surface area contributed by atoms with E-state index in [-0.39, 0.29) is 11.4 Å². The van der Waals surface area contributed by atoms with Crippen LogP contribution in [0.3, 0.4) is 0 Å². The first-order valence-electron chi connectivity index (χ1n) is 11.5. The van der Waals surface area contributed by atoms with E-state index < -0.39 is 22.0 Å². The topological polar surface area (TPSA) is 66.5 Å². The third-order valence-corrected chi connectivity index (χ3v) is 8.21. The van der Waals surface area contributed by atoms with Gasteiger partial charge in [-0.2, -0.15) is 0 Å². The maximum atomic E-state index is 13.7. The maximum Gasteiger partial charge on any atom is 0.264 e. The van der Waals surface area contributed by atoms with Crippen molar-refractivity contribution in [1.82, 2.24) is 5.32 Å². The van der Waals surface area contributed by atoms with Crippen LogP contribution in [0.5, 0.6) is 0 Å². The largest absolute Gasteiger partial charge is 0.344 e. The molecule has 0 aliphatic carbocycles. The van der Waals surface area contributed by atoms with E-state index in [1.807, 2.05) is 74.5 Å². The molecule has 0 aliphatic rings. The molecule has 0 saturated carbocycles. The Hall–Kier alpha value is -3.42. The van der Waals surface area contributed by atoms with Crippen LogP contribution in [0.4, 0.5) is 5.69 Å². The van der Waals surface area contributed by atoms with Crippen molar-refractivity contribution < 1.29 is 13.2 Å². The maximum absolute atomic E-state index is 13.7. The molecule has 0 aliphatic heterocycles. The molecule has 0 bridgehead atoms. The zero-order valence-corrected chi connectivity index (χ0v) is 22.5. The molecular weight excluding hydrogens is 536 g/mol. The number of carbonyl (C=O) groups is 1. The number of aryl methyl sites for hydroxylation is 2. The number of halogens is 1. The first-order valence-corrected chi connectivity index (χ1v) is 13.7. The standard InChI is InChI=1S/C29H27BrN2O3S/c1-21-15-17-26(18-16-21)36(34,35)32(25-13-8-12-24(30)19-25)20-28(33)31-29(23-10-4-3-5-11-23)27-14-7-6-9-22(27)2/h3-19,29H,20H2,1-2H3,(H,31,33)/t29-/m1/s1. The van der Waals surface area contributed by atoms with E-state index in [9.17, 15) is 13.2 Å². The van der Waals surface area contributed by atoms with Gasteiger partial charge >= 0.3 is 0 Å². The molecule has 36 heavy (non-hydrogen) atoms. The van der Waals surface area contributed by atoms with E-state index in [1.54, 1.807) is 42.5 Å². The van der Waals surface area contributed by atoms with Crippen LogP contribution >= 0.6 is 15.9 Å². The van der Waals surface area contributed by atoms with Crippen LogP contribution in [0.1, 0.15) is 28.3 Å². The fourth-order valence-corrected chi connectivity index (χ4v) is 5.82. The van der Waals surface area contributed by atoms with E-state index in [2.05, 4.69) is 21.2 Å². The van der Waals surface area contributed by atoms with Gasteiger partial charge in [-0.3, -0.25) is 9.10 Å². The van der Waals surface area contributed by atoms with Gasteiger partial charge in [-0.1, -0.05) is 94.3 Å². The smallest absolute Gasteiger partial charge is 0.264 e. The highest BCUT2D eigenvalue weighted by Crippen LogP contribution is 2.28. The molecule has 4 aromatic rings. The van der Waals surface area contributed by atoms with E-state index in [0.29, 0.717) is 10.2 Å². The van der Waals surface area contributed by atoms with Crippen molar-refractivity contribution in [2.24, 2.45) is 0 Å². The van der Waals surface area contributed by atoms with Crippen molar-refractivity contribution in [2.75, 3.05) is 10.8 Å². The molecule has 0 saturated heterocycles. The summed E-state index contributed by atoms with van der Waals surface area (Å²) in [6.45, 7) is 3.51. The van der Waals surface area contributed by atoms with E-state index in [0.717, 1.165) is 26.6 Å². The minimum absolute atomic E-state index is 0.124. The van der Waals surface area contributed by atoms with Gasteiger partial charge in [0.05, 0.1) is 16.6 Å². The first-order chi connectivity index (χ1) is 17.3. The average molecular weight is 564 g/mol. The first kappa shape index (κ1) is 25.7. The van der Waals surface area contributed by atoms with Crippen LogP contribution in [-0.2, 0) is 14.8 Å². The summed E-state index contributed by atoms with van der Waals surface area (Å²) in [5.74, 6) is -0.414. The molecule has 1 amide bonds. The Morgan fingerprint density at radius 1 is 0.861 bits per heavy atom. The van der Waals surface area contributed by atoms with Crippen LogP contribution in [0, 0.1) is 13.8 Å². The summed E-state index contributed by atoms with van der Waals surface area (Å²) < 4.78 is 29.3. The molecule has 0 heterocycles. The van der Waals surface area contributed by atoms with Gasteiger partial charge in [-0.25, -0.2) is 8.42 Å². The minimum Gasteiger partial charge on any atom is -0.344 e. The van der Waals surface area contributed by atoms with Gasteiger partial charge in [0, 0.05) is 4.47 Å². The van der Waals surface area contributed by atoms with E-state index in [4.69, 9.17) is 0 Å². The Balaban J connectivity index is 1.70. The van der Waals surface area contributed by atoms with Crippen molar-refractivity contribution in [3.05, 3.63) is 130 Å². The number of carbonyl (C=O) groups excluding carboxylic acids is 1. The average Bonchev–Trinajstić information content (AvgIpc) is 2.87. The summed E-state index contributed by atoms with van der Waals surface area (Å²) in [7, 11) is -4.00. The van der Waals surface area contributed by atoms with Crippen LogP contribution < -0.4 is 9.62 Å². The number of rotatable bonds is 8. The molecule has 1 N–H and O–H groups in total. The number of hydrogen-bond donors (Lipinski definition) is 1. The van der Waals surface area contributed by atoms with Gasteiger partial charge in [0.2, 0.25) is 5.91 Å². The summed E-state index contributed by atoms with van der Waals surface area (Å²) in [6, 6.07) is 30.6. The Morgan fingerprint density at radius 2 is 1.53 bits per heavy atom. The van der Waals surface area contributed by atoms with Crippen molar-refractivity contribution in [3.8, 4) is 0 Å². The molecule has 0 unspecified atom stereocenters. The predicted molar refractivity (Wildman–Crippen MR) is 147 cm³/mol. The molecule has 0 aromatic heterocycles. The van der Waals surface area contributed by atoms with Crippen molar-refractivity contribution in [3.63, 3.8) is 0 Å². The van der Waals surface area contributed by atoms with Crippen molar-refractivity contribution in [1.29, 1.82) is 0 Å². The second kappa shape index (κ2) is 11.1. The molecule has 0 fully saturated rings. The normalized spacial score (nSPS) is 12.1. The summed E-state index contributed by atoms with van der Waals surface area (Å²) in [5.41, 5.74) is 4.24. The third kappa shape index (κ3) is 5.86. The lowest BCUT2D eigenvalue weighted by atomic mass is 9.95.